The van der Waals surface area contributed by atoms with E-state index in [1.54, 1.807) is 70.2 Å². The van der Waals surface area contributed by atoms with Crippen molar-refractivity contribution in [2.24, 2.45) is 0 Å². The Labute approximate surface area is 200 Å². The van der Waals surface area contributed by atoms with Crippen molar-refractivity contribution in [2.75, 3.05) is 6.54 Å². The summed E-state index contributed by atoms with van der Waals surface area (Å²) in [4.78, 5) is 24.4. The number of alkyl carbamates (subject to hydrolysis) is 1. The Morgan fingerprint density at radius 1 is 1.03 bits per heavy atom. The van der Waals surface area contributed by atoms with E-state index in [0.717, 1.165) is 5.56 Å². The van der Waals surface area contributed by atoms with Crippen LogP contribution in [-0.4, -0.2) is 49.9 Å². The molecule has 0 saturated carbocycles. The first-order valence-corrected chi connectivity index (χ1v) is 12.1. The average Bonchev–Trinajstić information content (AvgIpc) is 2.75. The number of nitrogens with one attached hydrogen (secondary N) is 1. The Morgan fingerprint density at radius 3 is 2.24 bits per heavy atom. The normalized spacial score (nSPS) is 13.6. The lowest BCUT2D eigenvalue weighted by atomic mass is 10.1. The topological polar surface area (TPSA) is 128 Å². The third kappa shape index (κ3) is 9.12. The quantitative estimate of drug-likeness (QED) is 0.382. The van der Waals surface area contributed by atoms with Gasteiger partial charge in [0, 0.05) is 6.54 Å². The van der Waals surface area contributed by atoms with Gasteiger partial charge in [-0.1, -0.05) is 48.0 Å². The zero-order valence-electron chi connectivity index (χ0n) is 19.7. The highest BCUT2D eigenvalue weighted by atomic mass is 32.2. The molecule has 0 aliphatic heterocycles. The molecule has 0 aliphatic rings. The van der Waals surface area contributed by atoms with Crippen molar-refractivity contribution < 1.29 is 36.8 Å². The molecule has 2 atom stereocenters. The fourth-order valence-corrected chi connectivity index (χ4v) is 3.82. The maximum atomic E-state index is 12.7. The molecule has 10 heteroatoms. The number of hydrogen-bond acceptors (Lipinski definition) is 8. The molecule has 0 spiro atoms. The highest BCUT2D eigenvalue weighted by molar-refractivity contribution is 7.86. The average molecular weight is 494 g/mol. The minimum atomic E-state index is -4.39. The number of aliphatic hydroxyl groups is 1. The number of aliphatic hydroxyl groups excluding tert-OH is 1. The van der Waals surface area contributed by atoms with Gasteiger partial charge < -0.3 is 19.9 Å². The van der Waals surface area contributed by atoms with Gasteiger partial charge in [-0.3, -0.25) is 0 Å². The van der Waals surface area contributed by atoms with Crippen molar-refractivity contribution in [3.63, 3.8) is 0 Å². The molecule has 186 valence electrons. The van der Waals surface area contributed by atoms with E-state index in [9.17, 15) is 23.1 Å². The van der Waals surface area contributed by atoms with E-state index < -0.39 is 40.0 Å². The number of rotatable bonds is 10. The van der Waals surface area contributed by atoms with Gasteiger partial charge in [0.2, 0.25) is 0 Å². The lowest BCUT2D eigenvalue weighted by Gasteiger charge is -2.23. The third-order valence-electron chi connectivity index (χ3n) is 4.45. The largest absolute Gasteiger partial charge is 0.459 e. The molecule has 0 aliphatic carbocycles. The monoisotopic (exact) mass is 493 g/mol. The number of carbonyl (C=O) groups excluding carboxylic acids is 2. The molecule has 0 heterocycles. The molecule has 0 bridgehead atoms. The molecule has 1 amide bonds. The summed E-state index contributed by atoms with van der Waals surface area (Å²) in [6, 6.07) is 14.6. The van der Waals surface area contributed by atoms with E-state index in [4.69, 9.17) is 13.7 Å². The van der Waals surface area contributed by atoms with Gasteiger partial charge >= 0.3 is 12.1 Å². The van der Waals surface area contributed by atoms with Crippen LogP contribution in [0.25, 0.3) is 0 Å². The second-order valence-corrected chi connectivity index (χ2v) is 10.2. The molecule has 2 N–H and O–H groups in total. The molecule has 34 heavy (non-hydrogen) atoms. The zero-order valence-corrected chi connectivity index (χ0v) is 20.5. The molecular formula is C24H31NO8S. The van der Waals surface area contributed by atoms with Gasteiger partial charge in [0.1, 0.15) is 12.2 Å². The summed E-state index contributed by atoms with van der Waals surface area (Å²) in [5.41, 5.74) is 0.806. The molecule has 2 rings (SSSR count). The van der Waals surface area contributed by atoms with E-state index in [2.05, 4.69) is 5.32 Å². The van der Waals surface area contributed by atoms with Crippen molar-refractivity contribution in [3.05, 3.63) is 65.7 Å². The van der Waals surface area contributed by atoms with Crippen LogP contribution in [0.1, 0.15) is 38.3 Å². The Balaban J connectivity index is 2.11. The Bertz CT molecular complexity index is 1050. The lowest BCUT2D eigenvalue weighted by Crippen LogP contribution is -2.42. The summed E-state index contributed by atoms with van der Waals surface area (Å²) >= 11 is 0. The van der Waals surface area contributed by atoms with Crippen LogP contribution in [0.4, 0.5) is 4.79 Å². The van der Waals surface area contributed by atoms with Crippen LogP contribution in [0.5, 0.6) is 0 Å². The van der Waals surface area contributed by atoms with Crippen LogP contribution in [0, 0.1) is 6.92 Å². The summed E-state index contributed by atoms with van der Waals surface area (Å²) in [7, 11) is -4.39. The van der Waals surface area contributed by atoms with Gasteiger partial charge in [-0.05, 0) is 51.8 Å². The van der Waals surface area contributed by atoms with Crippen molar-refractivity contribution in [2.45, 2.75) is 63.4 Å². The smallest absolute Gasteiger partial charge is 0.407 e. The van der Waals surface area contributed by atoms with Crippen LogP contribution in [0.15, 0.2) is 59.5 Å². The molecule has 0 radical (unpaired) electrons. The van der Waals surface area contributed by atoms with E-state index in [-0.39, 0.29) is 24.5 Å². The second-order valence-electron chi connectivity index (χ2n) is 8.66. The van der Waals surface area contributed by atoms with Gasteiger partial charge in [-0.2, -0.15) is 8.42 Å². The van der Waals surface area contributed by atoms with Crippen molar-refractivity contribution >= 4 is 22.2 Å². The van der Waals surface area contributed by atoms with E-state index in [1.165, 1.54) is 12.1 Å². The molecule has 2 aromatic rings. The van der Waals surface area contributed by atoms with E-state index in [1.807, 2.05) is 0 Å². The minimum absolute atomic E-state index is 0.0908. The lowest BCUT2D eigenvalue weighted by molar-refractivity contribution is -0.158. The highest BCUT2D eigenvalue weighted by Gasteiger charge is 2.35. The van der Waals surface area contributed by atoms with E-state index in [0.29, 0.717) is 5.56 Å². The number of hydrogen-bond donors (Lipinski definition) is 2. The Morgan fingerprint density at radius 2 is 1.65 bits per heavy atom. The first kappa shape index (κ1) is 27.3. The molecule has 0 fully saturated rings. The van der Waals surface area contributed by atoms with Crippen LogP contribution < -0.4 is 5.32 Å². The SMILES string of the molecule is Cc1ccc(S(=O)(=O)O[C@@H](C(=O)OCc2ccccc2)[C@@H](O)CCNC(=O)OC(C)(C)C)cc1. The van der Waals surface area contributed by atoms with Gasteiger partial charge in [0.05, 0.1) is 11.0 Å². The predicted molar refractivity (Wildman–Crippen MR) is 124 cm³/mol. The fourth-order valence-electron chi connectivity index (χ4n) is 2.76. The summed E-state index contributed by atoms with van der Waals surface area (Å²) < 4.78 is 40.9. The van der Waals surface area contributed by atoms with Crippen LogP contribution in [0.2, 0.25) is 0 Å². The van der Waals surface area contributed by atoms with Crippen molar-refractivity contribution in [3.8, 4) is 0 Å². The third-order valence-corrected chi connectivity index (χ3v) is 5.76. The van der Waals surface area contributed by atoms with Crippen molar-refractivity contribution in [1.82, 2.24) is 5.32 Å². The summed E-state index contributed by atoms with van der Waals surface area (Å²) in [6.07, 6.45) is -4.32. The number of amides is 1. The minimum Gasteiger partial charge on any atom is -0.459 e. The van der Waals surface area contributed by atoms with Crippen molar-refractivity contribution in [1.29, 1.82) is 0 Å². The number of esters is 1. The predicted octanol–water partition coefficient (Wildman–Crippen LogP) is 3.09. The fraction of sp³-hybridized carbons (Fsp3) is 0.417. The number of carbonyl (C=O) groups is 2. The van der Waals surface area contributed by atoms with Crippen LogP contribution in [-0.2, 0) is 35.2 Å². The van der Waals surface area contributed by atoms with Gasteiger partial charge in [0.25, 0.3) is 10.1 Å². The molecule has 2 aromatic carbocycles. The highest BCUT2D eigenvalue weighted by Crippen LogP contribution is 2.19. The zero-order chi connectivity index (χ0) is 25.4. The molecule has 0 aromatic heterocycles. The summed E-state index contributed by atoms with van der Waals surface area (Å²) in [5.74, 6) is -1.05. The van der Waals surface area contributed by atoms with Gasteiger partial charge in [-0.25, -0.2) is 13.8 Å². The standard InChI is InChI=1S/C24H31NO8S/c1-17-10-12-19(13-11-17)34(29,30)33-21(22(27)31-16-18-8-6-5-7-9-18)20(26)14-15-25-23(28)32-24(2,3)4/h5-13,20-21,26H,14-16H2,1-4H3,(H,25,28)/t20-,21+/m0/s1. The van der Waals surface area contributed by atoms with Crippen LogP contribution in [0.3, 0.4) is 0 Å². The molecule has 0 saturated heterocycles. The van der Waals surface area contributed by atoms with E-state index >= 15 is 0 Å². The number of benzene rings is 2. The Hall–Kier alpha value is -2.95. The maximum absolute atomic E-state index is 12.7. The molecule has 0 unspecified atom stereocenters. The first-order chi connectivity index (χ1) is 15.9. The molecule has 9 nitrogen and oxygen atoms in total. The van der Waals surface area contributed by atoms with Gasteiger partial charge in [-0.15, -0.1) is 0 Å². The van der Waals surface area contributed by atoms with Crippen LogP contribution >= 0.6 is 0 Å². The number of ether oxygens (including phenoxy) is 2. The number of aryl methyl sites for hydroxylation is 1. The summed E-state index contributed by atoms with van der Waals surface area (Å²) in [6.45, 7) is 6.67. The first-order valence-electron chi connectivity index (χ1n) is 10.7. The maximum Gasteiger partial charge on any atom is 0.407 e. The molecular weight excluding hydrogens is 462 g/mol. The summed E-state index contributed by atoms with van der Waals surface area (Å²) in [5, 5.41) is 13.0. The Kier molecular flexibility index (Phi) is 9.60. The van der Waals surface area contributed by atoms with Gasteiger partial charge in [0.15, 0.2) is 6.10 Å². The second kappa shape index (κ2) is 12.0.